The molecule has 21 heavy (non-hydrogen) atoms. The summed E-state index contributed by atoms with van der Waals surface area (Å²) in [4.78, 5) is 29.3. The Kier molecular flexibility index (Phi) is 6.01. The number of urea groups is 1. The highest BCUT2D eigenvalue weighted by Crippen LogP contribution is 2.20. The topological polar surface area (TPSA) is 64.1 Å². The second-order valence-electron chi connectivity index (χ2n) is 6.72. The summed E-state index contributed by atoms with van der Waals surface area (Å²) in [6.45, 7) is 11.0. The van der Waals surface area contributed by atoms with E-state index in [0.717, 1.165) is 13.1 Å². The molecule has 1 rings (SSSR count). The Bertz CT molecular complexity index is 382. The van der Waals surface area contributed by atoms with Crippen molar-refractivity contribution in [3.8, 4) is 0 Å². The van der Waals surface area contributed by atoms with Crippen LogP contribution in [0.5, 0.6) is 0 Å². The molecule has 1 aliphatic heterocycles. The van der Waals surface area contributed by atoms with Gasteiger partial charge in [-0.1, -0.05) is 0 Å². The van der Waals surface area contributed by atoms with Gasteiger partial charge in [0, 0.05) is 44.2 Å². The first-order valence-corrected chi connectivity index (χ1v) is 7.63. The van der Waals surface area contributed by atoms with Gasteiger partial charge < -0.3 is 14.9 Å². The molecule has 1 aliphatic rings. The number of carboxylic acid groups (broad SMARTS) is 1. The van der Waals surface area contributed by atoms with Crippen LogP contribution < -0.4 is 0 Å². The van der Waals surface area contributed by atoms with Gasteiger partial charge in [-0.15, -0.1) is 0 Å². The molecule has 0 bridgehead atoms. The zero-order valence-corrected chi connectivity index (χ0v) is 13.9. The zero-order chi connectivity index (χ0) is 16.2. The fraction of sp³-hybridized carbons (Fsp3) is 0.867. The number of hydrogen-bond acceptors (Lipinski definition) is 3. The van der Waals surface area contributed by atoms with E-state index in [1.165, 1.54) is 0 Å². The van der Waals surface area contributed by atoms with Crippen LogP contribution in [0.1, 0.15) is 40.5 Å². The first-order valence-electron chi connectivity index (χ1n) is 7.63. The van der Waals surface area contributed by atoms with E-state index in [1.54, 1.807) is 4.90 Å². The molecular formula is C15H29N3O3. The van der Waals surface area contributed by atoms with Crippen molar-refractivity contribution in [3.05, 3.63) is 0 Å². The maximum absolute atomic E-state index is 12.7. The predicted molar refractivity (Wildman–Crippen MR) is 82.4 cm³/mol. The molecule has 0 unspecified atom stereocenters. The number of amides is 2. The van der Waals surface area contributed by atoms with Gasteiger partial charge in [0.25, 0.3) is 0 Å². The van der Waals surface area contributed by atoms with Gasteiger partial charge >= 0.3 is 12.0 Å². The molecule has 122 valence electrons. The number of carbonyl (C=O) groups excluding carboxylic acids is 1. The average molecular weight is 299 g/mol. The Hall–Kier alpha value is -1.30. The van der Waals surface area contributed by atoms with Crippen LogP contribution in [0.3, 0.4) is 0 Å². The maximum Gasteiger partial charge on any atom is 0.320 e. The highest BCUT2D eigenvalue weighted by atomic mass is 16.4. The van der Waals surface area contributed by atoms with E-state index in [2.05, 4.69) is 25.8 Å². The summed E-state index contributed by atoms with van der Waals surface area (Å²) in [5, 5.41) is 8.73. The van der Waals surface area contributed by atoms with E-state index in [0.29, 0.717) is 19.5 Å². The van der Waals surface area contributed by atoms with Crippen molar-refractivity contribution in [2.24, 2.45) is 0 Å². The van der Waals surface area contributed by atoms with Gasteiger partial charge in [0.05, 0.1) is 0 Å². The summed E-state index contributed by atoms with van der Waals surface area (Å²) in [5.74, 6) is -0.813. The smallest absolute Gasteiger partial charge is 0.320 e. The van der Waals surface area contributed by atoms with Crippen LogP contribution >= 0.6 is 0 Å². The Morgan fingerprint density at radius 3 is 2.38 bits per heavy atom. The van der Waals surface area contributed by atoms with Gasteiger partial charge in [-0.2, -0.15) is 0 Å². The zero-order valence-electron chi connectivity index (χ0n) is 13.9. The molecule has 6 nitrogen and oxygen atoms in total. The molecule has 1 fully saturated rings. The Labute approximate surface area is 127 Å². The van der Waals surface area contributed by atoms with E-state index < -0.39 is 5.97 Å². The first-order chi connectivity index (χ1) is 9.65. The van der Waals surface area contributed by atoms with Crippen LogP contribution in [0.15, 0.2) is 0 Å². The molecule has 0 aliphatic carbocycles. The number of rotatable bonds is 5. The fourth-order valence-corrected chi connectivity index (χ4v) is 2.56. The van der Waals surface area contributed by atoms with E-state index in [1.807, 2.05) is 18.7 Å². The molecule has 0 spiro atoms. The van der Waals surface area contributed by atoms with Crippen molar-refractivity contribution < 1.29 is 14.7 Å². The molecule has 0 aromatic carbocycles. The molecule has 1 saturated heterocycles. The molecule has 0 saturated carbocycles. The molecule has 0 aromatic heterocycles. The minimum Gasteiger partial charge on any atom is -0.481 e. The summed E-state index contributed by atoms with van der Waals surface area (Å²) in [7, 11) is 2.08. The van der Waals surface area contributed by atoms with Crippen LogP contribution in [0.25, 0.3) is 0 Å². The highest BCUT2D eigenvalue weighted by molar-refractivity contribution is 5.75. The molecule has 2 amide bonds. The Balaban J connectivity index is 2.66. The molecule has 0 aromatic rings. The van der Waals surface area contributed by atoms with Crippen molar-refractivity contribution in [3.63, 3.8) is 0 Å². The molecule has 0 radical (unpaired) electrons. The average Bonchev–Trinajstić information content (AvgIpc) is 2.36. The molecule has 6 heteroatoms. The molecule has 1 heterocycles. The van der Waals surface area contributed by atoms with Crippen LogP contribution in [-0.2, 0) is 4.79 Å². The van der Waals surface area contributed by atoms with Crippen molar-refractivity contribution in [2.45, 2.75) is 52.1 Å². The Morgan fingerprint density at radius 2 is 1.90 bits per heavy atom. The highest BCUT2D eigenvalue weighted by Gasteiger charge is 2.35. The number of likely N-dealkylation sites (N-methyl/N-ethyl adjacent to an activating group) is 1. The summed E-state index contributed by atoms with van der Waals surface area (Å²) < 4.78 is 0. The van der Waals surface area contributed by atoms with Crippen LogP contribution in [0.4, 0.5) is 4.79 Å². The minimum absolute atomic E-state index is 0.0246. The van der Waals surface area contributed by atoms with Crippen molar-refractivity contribution in [1.82, 2.24) is 14.7 Å². The third kappa shape index (κ3) is 4.88. The first kappa shape index (κ1) is 17.8. The van der Waals surface area contributed by atoms with Gasteiger partial charge in [-0.05, 0) is 41.2 Å². The summed E-state index contributed by atoms with van der Waals surface area (Å²) in [6.07, 6.45) is 0.598. The Morgan fingerprint density at radius 1 is 1.29 bits per heavy atom. The number of aliphatic carboxylic acids is 1. The number of piperazine rings is 1. The summed E-state index contributed by atoms with van der Waals surface area (Å²) >= 11 is 0. The van der Waals surface area contributed by atoms with Crippen LogP contribution in [0.2, 0.25) is 0 Å². The maximum atomic E-state index is 12.7. The number of hydrogen-bond donors (Lipinski definition) is 1. The minimum atomic E-state index is -0.813. The number of nitrogens with zero attached hydrogens (tertiary/aromatic N) is 3. The van der Waals surface area contributed by atoms with E-state index in [9.17, 15) is 9.59 Å². The number of carbonyl (C=O) groups is 2. The van der Waals surface area contributed by atoms with Gasteiger partial charge in [0.2, 0.25) is 0 Å². The lowest BCUT2D eigenvalue weighted by molar-refractivity contribution is -0.137. The SMILES string of the molecule is CC(C)N(CCCC(=O)O)C(=O)N1CCN(C)C(C)(C)C1. The van der Waals surface area contributed by atoms with Gasteiger partial charge in [0.15, 0.2) is 0 Å². The van der Waals surface area contributed by atoms with E-state index in [4.69, 9.17) is 5.11 Å². The molecular weight excluding hydrogens is 270 g/mol. The molecule has 0 atom stereocenters. The fourth-order valence-electron chi connectivity index (χ4n) is 2.56. The quantitative estimate of drug-likeness (QED) is 0.839. The van der Waals surface area contributed by atoms with Crippen molar-refractivity contribution in [1.29, 1.82) is 0 Å². The molecule has 1 N–H and O–H groups in total. The lowest BCUT2D eigenvalue weighted by Crippen LogP contribution is -2.61. The lowest BCUT2D eigenvalue weighted by atomic mass is 10.00. The van der Waals surface area contributed by atoms with E-state index in [-0.39, 0.29) is 24.0 Å². The number of carboxylic acids is 1. The van der Waals surface area contributed by atoms with Crippen molar-refractivity contribution in [2.75, 3.05) is 33.2 Å². The summed E-state index contributed by atoms with van der Waals surface area (Å²) in [5.41, 5.74) is -0.0301. The largest absolute Gasteiger partial charge is 0.481 e. The van der Waals surface area contributed by atoms with Crippen molar-refractivity contribution >= 4 is 12.0 Å². The van der Waals surface area contributed by atoms with E-state index >= 15 is 0 Å². The second kappa shape index (κ2) is 7.11. The van der Waals surface area contributed by atoms with Gasteiger partial charge in [-0.25, -0.2) is 4.79 Å². The monoisotopic (exact) mass is 299 g/mol. The van der Waals surface area contributed by atoms with Crippen LogP contribution in [0, 0.1) is 0 Å². The third-order valence-corrected chi connectivity index (χ3v) is 4.25. The summed E-state index contributed by atoms with van der Waals surface area (Å²) in [6, 6.07) is 0.102. The lowest BCUT2D eigenvalue weighted by Gasteiger charge is -2.46. The van der Waals surface area contributed by atoms with Gasteiger partial charge in [0.1, 0.15) is 0 Å². The normalized spacial score (nSPS) is 18.9. The standard InChI is InChI=1S/C15H29N3O3/c1-12(2)18(8-6-7-13(19)20)14(21)17-10-9-16(5)15(3,4)11-17/h12H,6-11H2,1-5H3,(H,19,20). The van der Waals surface area contributed by atoms with Gasteiger partial charge in [-0.3, -0.25) is 9.69 Å². The third-order valence-electron chi connectivity index (χ3n) is 4.25. The second-order valence-corrected chi connectivity index (χ2v) is 6.72. The predicted octanol–water partition coefficient (Wildman–Crippen LogP) is 1.71. The van der Waals surface area contributed by atoms with Crippen LogP contribution in [-0.4, -0.2) is 76.6 Å².